The molecule has 2 rings (SSSR count). The number of aromatic nitrogens is 1. The molecule has 0 radical (unpaired) electrons. The van der Waals surface area contributed by atoms with Gasteiger partial charge >= 0.3 is 0 Å². The Balaban J connectivity index is 2.04. The molecule has 3 nitrogen and oxygen atoms in total. The van der Waals surface area contributed by atoms with Crippen molar-refractivity contribution in [1.82, 2.24) is 4.98 Å². The van der Waals surface area contributed by atoms with Crippen molar-refractivity contribution >= 4 is 16.5 Å². The van der Waals surface area contributed by atoms with Crippen LogP contribution in [0.1, 0.15) is 6.42 Å². The van der Waals surface area contributed by atoms with Crippen molar-refractivity contribution in [1.29, 1.82) is 0 Å². The molecule has 0 bridgehead atoms. The summed E-state index contributed by atoms with van der Waals surface area (Å²) in [6.45, 7) is 0.871. The lowest BCUT2D eigenvalue weighted by atomic mass is 10.2. The fraction of sp³-hybridized carbons (Fsp3) is 0.250. The van der Waals surface area contributed by atoms with Crippen molar-refractivity contribution in [3.63, 3.8) is 0 Å². The van der Waals surface area contributed by atoms with E-state index in [-0.39, 0.29) is 12.4 Å². The van der Waals surface area contributed by atoms with Crippen LogP contribution in [0.4, 0.5) is 9.52 Å². The molecule has 0 aliphatic rings. The van der Waals surface area contributed by atoms with Crippen molar-refractivity contribution in [3.8, 4) is 11.3 Å². The van der Waals surface area contributed by atoms with Crippen LogP contribution < -0.4 is 5.32 Å². The van der Waals surface area contributed by atoms with Crippen LogP contribution in [0, 0.1) is 5.82 Å². The molecule has 0 atom stereocenters. The van der Waals surface area contributed by atoms with E-state index in [0.717, 1.165) is 16.4 Å². The van der Waals surface area contributed by atoms with E-state index >= 15 is 0 Å². The van der Waals surface area contributed by atoms with Gasteiger partial charge in [-0.1, -0.05) is 0 Å². The summed E-state index contributed by atoms with van der Waals surface area (Å²) in [6.07, 6.45) is 0.700. The first-order chi connectivity index (χ1) is 8.29. The lowest BCUT2D eigenvalue weighted by Crippen LogP contribution is -2.02. The average molecular weight is 252 g/mol. The zero-order valence-electron chi connectivity index (χ0n) is 9.19. The van der Waals surface area contributed by atoms with E-state index in [4.69, 9.17) is 5.11 Å². The highest BCUT2D eigenvalue weighted by molar-refractivity contribution is 7.14. The minimum atomic E-state index is -0.245. The normalized spacial score (nSPS) is 10.5. The molecule has 90 valence electrons. The van der Waals surface area contributed by atoms with Crippen molar-refractivity contribution in [3.05, 3.63) is 35.5 Å². The van der Waals surface area contributed by atoms with E-state index in [9.17, 15) is 4.39 Å². The molecule has 0 aliphatic carbocycles. The average Bonchev–Trinajstić information content (AvgIpc) is 2.79. The maximum atomic E-state index is 12.8. The zero-order chi connectivity index (χ0) is 12.1. The third kappa shape index (κ3) is 3.25. The van der Waals surface area contributed by atoms with Crippen molar-refractivity contribution in [2.24, 2.45) is 0 Å². The molecule has 1 aromatic heterocycles. The van der Waals surface area contributed by atoms with Crippen molar-refractivity contribution in [2.75, 3.05) is 18.5 Å². The monoisotopic (exact) mass is 252 g/mol. The summed E-state index contributed by atoms with van der Waals surface area (Å²) in [5.74, 6) is -0.245. The number of aliphatic hydroxyl groups is 1. The minimum Gasteiger partial charge on any atom is -0.396 e. The molecule has 0 unspecified atom stereocenters. The summed E-state index contributed by atoms with van der Waals surface area (Å²) in [5, 5.41) is 14.5. The summed E-state index contributed by atoms with van der Waals surface area (Å²) in [4.78, 5) is 4.39. The number of aliphatic hydroxyl groups excluding tert-OH is 1. The Kier molecular flexibility index (Phi) is 4.06. The van der Waals surface area contributed by atoms with Gasteiger partial charge in [0.25, 0.3) is 0 Å². The topological polar surface area (TPSA) is 45.1 Å². The van der Waals surface area contributed by atoms with Crippen LogP contribution >= 0.6 is 11.3 Å². The molecule has 17 heavy (non-hydrogen) atoms. The number of benzene rings is 1. The van der Waals surface area contributed by atoms with Gasteiger partial charge in [-0.15, -0.1) is 11.3 Å². The van der Waals surface area contributed by atoms with E-state index in [2.05, 4.69) is 10.3 Å². The Labute approximate surface area is 103 Å². The number of hydrogen-bond acceptors (Lipinski definition) is 4. The molecule has 0 spiro atoms. The smallest absolute Gasteiger partial charge is 0.183 e. The minimum absolute atomic E-state index is 0.170. The van der Waals surface area contributed by atoms with Gasteiger partial charge in [0.1, 0.15) is 5.82 Å². The molecule has 2 aromatic rings. The molecule has 0 aliphatic heterocycles. The highest BCUT2D eigenvalue weighted by Crippen LogP contribution is 2.24. The quantitative estimate of drug-likeness (QED) is 0.804. The third-order valence-electron chi connectivity index (χ3n) is 2.26. The zero-order valence-corrected chi connectivity index (χ0v) is 10.0. The first-order valence-electron chi connectivity index (χ1n) is 5.36. The predicted octanol–water partition coefficient (Wildman–Crippen LogP) is 2.74. The summed E-state index contributed by atoms with van der Waals surface area (Å²) >= 11 is 1.50. The van der Waals surface area contributed by atoms with Gasteiger partial charge in [-0.25, -0.2) is 9.37 Å². The lowest BCUT2D eigenvalue weighted by molar-refractivity contribution is 0.292. The largest absolute Gasteiger partial charge is 0.396 e. The molecular formula is C12H13FN2OS. The fourth-order valence-corrected chi connectivity index (χ4v) is 2.13. The molecule has 2 N–H and O–H groups in total. The Bertz CT molecular complexity index is 470. The van der Waals surface area contributed by atoms with E-state index in [1.165, 1.54) is 23.5 Å². The van der Waals surface area contributed by atoms with Crippen LogP contribution in [0.3, 0.4) is 0 Å². The maximum Gasteiger partial charge on any atom is 0.183 e. The predicted molar refractivity (Wildman–Crippen MR) is 67.7 cm³/mol. The first-order valence-corrected chi connectivity index (χ1v) is 6.24. The Morgan fingerprint density at radius 2 is 2.06 bits per heavy atom. The SMILES string of the molecule is OCCCNc1nc(-c2ccc(F)cc2)cs1. The van der Waals surface area contributed by atoms with Crippen LogP contribution in [-0.2, 0) is 0 Å². The Morgan fingerprint density at radius 1 is 1.29 bits per heavy atom. The number of nitrogens with zero attached hydrogens (tertiary/aromatic N) is 1. The van der Waals surface area contributed by atoms with Gasteiger partial charge in [-0.05, 0) is 30.7 Å². The molecule has 0 fully saturated rings. The highest BCUT2D eigenvalue weighted by atomic mass is 32.1. The number of thiazole rings is 1. The van der Waals surface area contributed by atoms with E-state index in [0.29, 0.717) is 13.0 Å². The van der Waals surface area contributed by atoms with E-state index in [1.54, 1.807) is 12.1 Å². The summed E-state index contributed by atoms with van der Waals surface area (Å²) in [5.41, 5.74) is 1.74. The molecular weight excluding hydrogens is 239 g/mol. The van der Waals surface area contributed by atoms with Crippen LogP contribution in [0.2, 0.25) is 0 Å². The maximum absolute atomic E-state index is 12.8. The molecule has 0 saturated carbocycles. The number of rotatable bonds is 5. The summed E-state index contributed by atoms with van der Waals surface area (Å²) in [6, 6.07) is 6.27. The summed E-state index contributed by atoms with van der Waals surface area (Å²) in [7, 11) is 0. The second kappa shape index (κ2) is 5.75. The van der Waals surface area contributed by atoms with Gasteiger partial charge in [0.05, 0.1) is 5.69 Å². The second-order valence-electron chi connectivity index (χ2n) is 3.55. The summed E-state index contributed by atoms with van der Waals surface area (Å²) < 4.78 is 12.8. The molecule has 0 saturated heterocycles. The number of anilines is 1. The van der Waals surface area contributed by atoms with E-state index < -0.39 is 0 Å². The van der Waals surface area contributed by atoms with Gasteiger partial charge in [-0.3, -0.25) is 0 Å². The fourth-order valence-electron chi connectivity index (χ4n) is 1.38. The van der Waals surface area contributed by atoms with Crippen LogP contribution in [0.15, 0.2) is 29.6 Å². The van der Waals surface area contributed by atoms with Gasteiger partial charge < -0.3 is 10.4 Å². The standard InChI is InChI=1S/C12H13FN2OS/c13-10-4-2-9(3-5-10)11-8-17-12(15-11)14-6-1-7-16/h2-5,8,16H,1,6-7H2,(H,14,15). The highest BCUT2D eigenvalue weighted by Gasteiger charge is 2.04. The van der Waals surface area contributed by atoms with Gasteiger partial charge in [-0.2, -0.15) is 0 Å². The van der Waals surface area contributed by atoms with Crippen molar-refractivity contribution < 1.29 is 9.50 Å². The molecule has 5 heteroatoms. The van der Waals surface area contributed by atoms with E-state index in [1.807, 2.05) is 5.38 Å². The lowest BCUT2D eigenvalue weighted by Gasteiger charge is -1.99. The molecule has 0 amide bonds. The molecule has 1 aromatic carbocycles. The van der Waals surface area contributed by atoms with Gasteiger partial charge in [0.15, 0.2) is 5.13 Å². The van der Waals surface area contributed by atoms with Gasteiger partial charge in [0.2, 0.25) is 0 Å². The number of hydrogen-bond donors (Lipinski definition) is 2. The van der Waals surface area contributed by atoms with Crippen molar-refractivity contribution in [2.45, 2.75) is 6.42 Å². The second-order valence-corrected chi connectivity index (χ2v) is 4.41. The van der Waals surface area contributed by atoms with Gasteiger partial charge in [0, 0.05) is 24.1 Å². The number of nitrogens with one attached hydrogen (secondary N) is 1. The van der Waals surface area contributed by atoms with Crippen LogP contribution in [0.5, 0.6) is 0 Å². The Hall–Kier alpha value is -1.46. The van der Waals surface area contributed by atoms with Crippen LogP contribution in [-0.4, -0.2) is 23.2 Å². The van der Waals surface area contributed by atoms with Crippen LogP contribution in [0.25, 0.3) is 11.3 Å². The molecule has 1 heterocycles. The first kappa shape index (κ1) is 12.0. The Morgan fingerprint density at radius 3 is 2.76 bits per heavy atom. The third-order valence-corrected chi connectivity index (χ3v) is 3.06. The number of halogens is 1.